The number of furan rings is 1. The van der Waals surface area contributed by atoms with E-state index in [1.807, 2.05) is 12.1 Å². The van der Waals surface area contributed by atoms with E-state index in [1.54, 1.807) is 0 Å². The molecule has 0 spiro atoms. The van der Waals surface area contributed by atoms with Gasteiger partial charge in [-0.05, 0) is 57.1 Å². The number of rotatable bonds is 10. The van der Waals surface area contributed by atoms with Gasteiger partial charge in [0.15, 0.2) is 0 Å². The van der Waals surface area contributed by atoms with E-state index in [9.17, 15) is 0 Å². The standard InChI is InChI=1S/C44H38N2OSi2.2ClH.Fe/c1-35(45-48(37-21-9-3-10-22-37,38-23-11-4-12-24-38)39-25-13-5-14-26-39)43-33-34-44(47-43)36(2)46-49(40-27-15-6-16-28-40,41-29-17-7-18-30-41)42-31-19-8-20-32-42;;;/h3-34H,1-2H3;2*1H;/q;;;+2/p-2/b45-35+,46-36+;;;. The molecule has 0 fully saturated rings. The molecule has 6 aromatic carbocycles. The third-order valence-corrected chi connectivity index (χ3v) is 17.5. The summed E-state index contributed by atoms with van der Waals surface area (Å²) in [6, 6.07) is 68.5. The van der Waals surface area contributed by atoms with Crippen LogP contribution in [-0.2, 0) is 13.1 Å². The van der Waals surface area contributed by atoms with Crippen molar-refractivity contribution in [1.29, 1.82) is 0 Å². The van der Waals surface area contributed by atoms with Crippen molar-refractivity contribution in [2.75, 3.05) is 0 Å². The molecule has 260 valence electrons. The number of nitrogens with zero attached hydrogens (tertiary/aromatic N) is 2. The van der Waals surface area contributed by atoms with E-state index in [2.05, 4.69) is 196 Å². The van der Waals surface area contributed by atoms with E-state index in [0.29, 0.717) is 0 Å². The molecule has 0 unspecified atom stereocenters. The molecule has 0 aliphatic rings. The van der Waals surface area contributed by atoms with Crippen LogP contribution in [-0.4, -0.2) is 27.9 Å². The molecule has 0 atom stereocenters. The first-order valence-corrected chi connectivity index (χ1v) is 23.9. The fourth-order valence-corrected chi connectivity index (χ4v) is 14.9. The minimum atomic E-state index is -2.85. The molecule has 0 radical (unpaired) electrons. The van der Waals surface area contributed by atoms with E-state index in [1.165, 1.54) is 31.1 Å². The summed E-state index contributed by atoms with van der Waals surface area (Å²) in [5.74, 6) is 1.49. The molecule has 8 heteroatoms. The zero-order valence-electron chi connectivity index (χ0n) is 28.9. The van der Waals surface area contributed by atoms with Crippen molar-refractivity contribution in [2.45, 2.75) is 13.8 Å². The Balaban J connectivity index is 0.00000150. The molecule has 0 aliphatic carbocycles. The molecule has 0 saturated heterocycles. The van der Waals surface area contributed by atoms with Crippen LogP contribution in [0.4, 0.5) is 0 Å². The maximum atomic E-state index is 6.70. The summed E-state index contributed by atoms with van der Waals surface area (Å²) in [6.45, 7) is 4.14. The van der Waals surface area contributed by atoms with Crippen LogP contribution in [0.1, 0.15) is 25.4 Å². The monoisotopic (exact) mass is 792 g/mol. The molecule has 7 aromatic rings. The van der Waals surface area contributed by atoms with Gasteiger partial charge in [0.2, 0.25) is 0 Å². The van der Waals surface area contributed by atoms with Crippen LogP contribution in [0, 0.1) is 0 Å². The summed E-state index contributed by atoms with van der Waals surface area (Å²) >= 11 is 0.194. The van der Waals surface area contributed by atoms with Gasteiger partial charge in [0.05, 0.1) is 11.4 Å². The Bertz CT molecular complexity index is 1850. The van der Waals surface area contributed by atoms with Gasteiger partial charge in [0.25, 0.3) is 16.5 Å². The zero-order chi connectivity index (χ0) is 36.2. The Hall–Kier alpha value is -4.53. The molecule has 3 nitrogen and oxygen atoms in total. The fourth-order valence-electron chi connectivity index (χ4n) is 6.80. The summed E-state index contributed by atoms with van der Waals surface area (Å²) in [6.07, 6.45) is 0. The molecule has 1 heterocycles. The quantitative estimate of drug-likeness (QED) is 0.0799. The molecule has 52 heavy (non-hydrogen) atoms. The second kappa shape index (κ2) is 17.8. The van der Waals surface area contributed by atoms with Gasteiger partial charge in [0, 0.05) is 0 Å². The summed E-state index contributed by atoms with van der Waals surface area (Å²) in [4.78, 5) is 0. The van der Waals surface area contributed by atoms with Gasteiger partial charge in [-0.25, -0.2) is 0 Å². The molecule has 0 aliphatic heterocycles. The molecular weight excluding hydrogens is 755 g/mol. The van der Waals surface area contributed by atoms with Crippen LogP contribution in [0.3, 0.4) is 0 Å². The summed E-state index contributed by atoms with van der Waals surface area (Å²) in [7, 11) is 3.82. The van der Waals surface area contributed by atoms with Crippen molar-refractivity contribution >= 4 is 79.2 Å². The summed E-state index contributed by atoms with van der Waals surface area (Å²) in [5.41, 5.74) is 1.72. The van der Waals surface area contributed by atoms with Crippen molar-refractivity contribution in [3.63, 3.8) is 0 Å². The molecular formula is C44H38Cl2FeN2OSi2. The Morgan fingerprint density at radius 3 is 0.769 bits per heavy atom. The molecule has 1 aromatic heterocycles. The first-order valence-electron chi connectivity index (χ1n) is 16.9. The molecule has 7 rings (SSSR count). The number of halogens is 2. The maximum absolute atomic E-state index is 6.70. The first kappa shape index (κ1) is 37.2. The Labute approximate surface area is 323 Å². The Morgan fingerprint density at radius 1 is 0.385 bits per heavy atom. The zero-order valence-corrected chi connectivity index (χ0v) is 33.5. The van der Waals surface area contributed by atoms with E-state index in [0.717, 1.165) is 22.9 Å². The van der Waals surface area contributed by atoms with Crippen LogP contribution in [0.25, 0.3) is 0 Å². The van der Waals surface area contributed by atoms with Crippen molar-refractivity contribution in [2.24, 2.45) is 9.32 Å². The third-order valence-electron chi connectivity index (χ3n) is 9.14. The Kier molecular flexibility index (Phi) is 12.7. The topological polar surface area (TPSA) is 37.9 Å². The van der Waals surface area contributed by atoms with Crippen LogP contribution >= 0.6 is 20.2 Å². The summed E-state index contributed by atoms with van der Waals surface area (Å²) < 4.78 is 18.1. The Morgan fingerprint density at radius 2 is 0.577 bits per heavy atom. The first-order chi connectivity index (χ1) is 25.5. The van der Waals surface area contributed by atoms with Gasteiger partial charge in [-0.1, -0.05) is 182 Å². The molecule has 0 N–H and O–H groups in total. The second-order valence-electron chi connectivity index (χ2n) is 12.2. The second-order valence-corrected chi connectivity index (χ2v) is 20.8. The molecule has 0 saturated carbocycles. The van der Waals surface area contributed by atoms with Crippen molar-refractivity contribution in [3.8, 4) is 0 Å². The SMILES string of the molecule is C/C(=N\[Si](c1ccccc1)(c1ccccc1)c1ccccc1)c1ccc(/C(C)=N/[Si](c2ccccc2)(c2ccccc2)c2ccccc2)o1.[Cl][Fe][Cl]. The van der Waals surface area contributed by atoms with Crippen LogP contribution in [0.15, 0.2) is 208 Å². The van der Waals surface area contributed by atoms with Crippen molar-refractivity contribution in [1.82, 2.24) is 0 Å². The fraction of sp³-hybridized carbons (Fsp3) is 0.0455. The average molecular weight is 794 g/mol. The van der Waals surface area contributed by atoms with Gasteiger partial charge in [0.1, 0.15) is 11.5 Å². The van der Waals surface area contributed by atoms with Gasteiger partial charge >= 0.3 is 33.3 Å². The van der Waals surface area contributed by atoms with Crippen molar-refractivity contribution in [3.05, 3.63) is 206 Å². The molecule has 0 amide bonds. The number of hydrogen-bond acceptors (Lipinski definition) is 3. The summed E-state index contributed by atoms with van der Waals surface area (Å²) in [5, 5.41) is 7.34. The van der Waals surface area contributed by atoms with E-state index >= 15 is 0 Å². The number of hydrogen-bond donors (Lipinski definition) is 0. The minimum absolute atomic E-state index is 0.194. The van der Waals surface area contributed by atoms with Gasteiger partial charge in [-0.2, -0.15) is 0 Å². The van der Waals surface area contributed by atoms with E-state index < -0.39 is 16.5 Å². The van der Waals surface area contributed by atoms with Crippen LogP contribution < -0.4 is 31.1 Å². The average Bonchev–Trinajstić information content (AvgIpc) is 3.73. The van der Waals surface area contributed by atoms with E-state index in [-0.39, 0.29) is 13.1 Å². The van der Waals surface area contributed by atoms with Gasteiger partial charge in [-0.15, -0.1) is 0 Å². The van der Waals surface area contributed by atoms with Gasteiger partial charge in [-0.3, -0.25) is 0 Å². The van der Waals surface area contributed by atoms with Crippen LogP contribution in [0.2, 0.25) is 0 Å². The van der Waals surface area contributed by atoms with E-state index in [4.69, 9.17) is 33.9 Å². The molecule has 0 bridgehead atoms. The predicted molar refractivity (Wildman–Crippen MR) is 223 cm³/mol. The van der Waals surface area contributed by atoms with Crippen molar-refractivity contribution < 1.29 is 17.6 Å². The number of benzene rings is 6. The predicted octanol–water partition coefficient (Wildman–Crippen LogP) is 7.61. The third kappa shape index (κ3) is 7.93. The van der Waals surface area contributed by atoms with Crippen LogP contribution in [0.5, 0.6) is 0 Å². The normalized spacial score (nSPS) is 12.2. The van der Waals surface area contributed by atoms with Gasteiger partial charge < -0.3 is 13.7 Å².